The van der Waals surface area contributed by atoms with E-state index in [-0.39, 0.29) is 30.3 Å². The van der Waals surface area contributed by atoms with Crippen LogP contribution in [0.4, 0.5) is 17.6 Å². The van der Waals surface area contributed by atoms with Crippen LogP contribution in [0.25, 0.3) is 11.1 Å². The van der Waals surface area contributed by atoms with E-state index in [2.05, 4.69) is 5.32 Å². The van der Waals surface area contributed by atoms with Crippen LogP contribution in [-0.4, -0.2) is 23.3 Å². The summed E-state index contributed by atoms with van der Waals surface area (Å²) in [6, 6.07) is 18.2. The van der Waals surface area contributed by atoms with Crippen LogP contribution in [0.15, 0.2) is 82.4 Å². The maximum absolute atomic E-state index is 14.8. The van der Waals surface area contributed by atoms with Gasteiger partial charge in [0.15, 0.2) is 0 Å². The van der Waals surface area contributed by atoms with Crippen molar-refractivity contribution in [2.24, 2.45) is 0 Å². The van der Waals surface area contributed by atoms with Gasteiger partial charge in [0.05, 0.1) is 24.8 Å². The van der Waals surface area contributed by atoms with Crippen molar-refractivity contribution in [3.63, 3.8) is 0 Å². The molecule has 0 bridgehead atoms. The first-order valence-electron chi connectivity index (χ1n) is 12.6. The Morgan fingerprint density at radius 2 is 1.60 bits per heavy atom. The van der Waals surface area contributed by atoms with Crippen molar-refractivity contribution in [3.05, 3.63) is 122 Å². The predicted octanol–water partition coefficient (Wildman–Crippen LogP) is 5.55. The average molecular weight is 556 g/mol. The number of hydrogen-bond acceptors (Lipinski definition) is 4. The molecule has 1 atom stereocenters. The van der Waals surface area contributed by atoms with Gasteiger partial charge in [0, 0.05) is 29.4 Å². The summed E-state index contributed by atoms with van der Waals surface area (Å²) in [6.07, 6.45) is -4.54. The number of halogens is 4. The number of aromatic nitrogens is 2. The van der Waals surface area contributed by atoms with Crippen molar-refractivity contribution < 1.29 is 22.3 Å². The molecule has 0 aliphatic rings. The van der Waals surface area contributed by atoms with E-state index in [0.717, 1.165) is 32.9 Å². The highest BCUT2D eigenvalue weighted by molar-refractivity contribution is 5.64. The summed E-state index contributed by atoms with van der Waals surface area (Å²) in [6.45, 7) is 0.730. The molecule has 0 spiro atoms. The third-order valence-corrected chi connectivity index (χ3v) is 6.99. The Kier molecular flexibility index (Phi) is 8.58. The summed E-state index contributed by atoms with van der Waals surface area (Å²) in [5.41, 5.74) is -1.65. The molecule has 4 rings (SSSR count). The summed E-state index contributed by atoms with van der Waals surface area (Å²) in [5, 5.41) is 3.17. The van der Waals surface area contributed by atoms with Crippen molar-refractivity contribution in [2.75, 3.05) is 14.2 Å². The van der Waals surface area contributed by atoms with Gasteiger partial charge < -0.3 is 10.1 Å². The molecule has 0 amide bonds. The molecular formula is C30H29F4N3O3. The molecule has 0 saturated carbocycles. The number of alkyl halides is 3. The van der Waals surface area contributed by atoms with Gasteiger partial charge in [0.25, 0.3) is 5.56 Å². The largest absolute Gasteiger partial charge is 0.496 e. The molecule has 0 aliphatic heterocycles. The standard InChI is InChI=1S/C30H29F4N3O3/c1-19-27(20-10-5-4-6-11-20)28(38)36(17-16-25(35-2)21-12-7-8-15-26(21)40-3)29(39)37(19)18-22-23(30(32,33)34)13-9-14-24(22)31/h4-15,25,35H,16-18H2,1-3H3/t25-/m0/s1. The second-order valence-electron chi connectivity index (χ2n) is 9.29. The van der Waals surface area contributed by atoms with Crippen LogP contribution in [0.1, 0.15) is 34.8 Å². The number of rotatable bonds is 9. The molecule has 1 N–H and O–H groups in total. The summed E-state index contributed by atoms with van der Waals surface area (Å²) in [7, 11) is 3.28. The van der Waals surface area contributed by atoms with E-state index in [9.17, 15) is 27.2 Å². The fourth-order valence-electron chi connectivity index (χ4n) is 4.93. The Hall–Kier alpha value is -4.18. The monoisotopic (exact) mass is 555 g/mol. The number of ether oxygens (including phenoxy) is 1. The van der Waals surface area contributed by atoms with Crippen LogP contribution in [0, 0.1) is 12.7 Å². The third kappa shape index (κ3) is 5.72. The zero-order chi connectivity index (χ0) is 29.0. The number of benzene rings is 3. The second-order valence-corrected chi connectivity index (χ2v) is 9.29. The van der Waals surface area contributed by atoms with Gasteiger partial charge in [-0.25, -0.2) is 9.18 Å². The lowest BCUT2D eigenvalue weighted by Crippen LogP contribution is -2.43. The van der Waals surface area contributed by atoms with Crippen LogP contribution in [0.2, 0.25) is 0 Å². The van der Waals surface area contributed by atoms with Crippen molar-refractivity contribution in [2.45, 2.75) is 38.7 Å². The van der Waals surface area contributed by atoms with Crippen molar-refractivity contribution in [1.82, 2.24) is 14.5 Å². The highest BCUT2D eigenvalue weighted by atomic mass is 19.4. The average Bonchev–Trinajstić information content (AvgIpc) is 2.94. The van der Waals surface area contributed by atoms with Crippen LogP contribution < -0.4 is 21.3 Å². The fourth-order valence-corrected chi connectivity index (χ4v) is 4.93. The van der Waals surface area contributed by atoms with Gasteiger partial charge in [-0.2, -0.15) is 13.2 Å². The number of methoxy groups -OCH3 is 1. The Labute approximate surface area is 228 Å². The molecule has 210 valence electrons. The first kappa shape index (κ1) is 28.8. The lowest BCUT2D eigenvalue weighted by molar-refractivity contribution is -0.138. The molecule has 0 fully saturated rings. The number of hydrogen-bond donors (Lipinski definition) is 1. The Bertz CT molecular complexity index is 1610. The van der Waals surface area contributed by atoms with Gasteiger partial charge in [-0.3, -0.25) is 13.9 Å². The van der Waals surface area contributed by atoms with E-state index in [1.807, 2.05) is 18.2 Å². The second kappa shape index (κ2) is 11.9. The summed E-state index contributed by atoms with van der Waals surface area (Å²) in [4.78, 5) is 27.4. The first-order valence-corrected chi connectivity index (χ1v) is 12.6. The minimum absolute atomic E-state index is 0.0509. The molecule has 40 heavy (non-hydrogen) atoms. The predicted molar refractivity (Wildman–Crippen MR) is 145 cm³/mol. The van der Waals surface area contributed by atoms with Gasteiger partial charge in [-0.05, 0) is 44.2 Å². The van der Waals surface area contributed by atoms with Crippen molar-refractivity contribution in [1.29, 1.82) is 0 Å². The fraction of sp³-hybridized carbons (Fsp3) is 0.267. The minimum atomic E-state index is -4.83. The molecule has 0 unspecified atom stereocenters. The molecule has 0 saturated heterocycles. The zero-order valence-corrected chi connectivity index (χ0v) is 22.3. The van der Waals surface area contributed by atoms with Gasteiger partial charge in [-0.1, -0.05) is 54.6 Å². The molecule has 6 nitrogen and oxygen atoms in total. The van der Waals surface area contributed by atoms with E-state index >= 15 is 0 Å². The van der Waals surface area contributed by atoms with E-state index in [1.54, 1.807) is 50.6 Å². The number of nitrogens with one attached hydrogen (secondary N) is 1. The Morgan fingerprint density at radius 3 is 2.25 bits per heavy atom. The lowest BCUT2D eigenvalue weighted by Gasteiger charge is -2.22. The van der Waals surface area contributed by atoms with Gasteiger partial charge in [0.2, 0.25) is 0 Å². The Morgan fingerprint density at radius 1 is 0.925 bits per heavy atom. The highest BCUT2D eigenvalue weighted by Crippen LogP contribution is 2.34. The van der Waals surface area contributed by atoms with Crippen LogP contribution in [0.3, 0.4) is 0 Å². The molecule has 1 heterocycles. The van der Waals surface area contributed by atoms with Crippen LogP contribution >= 0.6 is 0 Å². The van der Waals surface area contributed by atoms with E-state index in [0.29, 0.717) is 11.3 Å². The van der Waals surface area contributed by atoms with E-state index in [1.165, 1.54) is 6.92 Å². The van der Waals surface area contributed by atoms with Gasteiger partial charge >= 0.3 is 11.9 Å². The molecule has 0 radical (unpaired) electrons. The summed E-state index contributed by atoms with van der Waals surface area (Å²) >= 11 is 0. The lowest BCUT2D eigenvalue weighted by atomic mass is 10.0. The molecule has 0 aliphatic carbocycles. The topological polar surface area (TPSA) is 65.3 Å². The van der Waals surface area contributed by atoms with Crippen molar-refractivity contribution >= 4 is 0 Å². The quantitative estimate of drug-likeness (QED) is 0.275. The SMILES string of the molecule is CN[C@@H](CCn1c(=O)c(-c2ccccc2)c(C)n(Cc2c(F)cccc2C(F)(F)F)c1=O)c1ccccc1OC. The molecule has 10 heteroatoms. The van der Waals surface area contributed by atoms with E-state index in [4.69, 9.17) is 4.74 Å². The highest BCUT2D eigenvalue weighted by Gasteiger charge is 2.35. The normalized spacial score (nSPS) is 12.4. The van der Waals surface area contributed by atoms with E-state index < -0.39 is 40.9 Å². The molecule has 4 aromatic rings. The van der Waals surface area contributed by atoms with Crippen molar-refractivity contribution in [3.8, 4) is 16.9 Å². The first-order chi connectivity index (χ1) is 19.1. The minimum Gasteiger partial charge on any atom is -0.496 e. The maximum atomic E-state index is 14.8. The number of nitrogens with zero attached hydrogens (tertiary/aromatic N) is 2. The zero-order valence-electron chi connectivity index (χ0n) is 22.3. The summed E-state index contributed by atoms with van der Waals surface area (Å²) < 4.78 is 63.6. The van der Waals surface area contributed by atoms with Crippen LogP contribution in [0.5, 0.6) is 5.75 Å². The summed E-state index contributed by atoms with van der Waals surface area (Å²) in [5.74, 6) is -0.466. The number of para-hydroxylation sites is 1. The Balaban J connectivity index is 1.87. The third-order valence-electron chi connectivity index (χ3n) is 6.99. The molecule has 1 aromatic heterocycles. The van der Waals surface area contributed by atoms with Gasteiger partial charge in [-0.15, -0.1) is 0 Å². The molecular weight excluding hydrogens is 526 g/mol. The maximum Gasteiger partial charge on any atom is 0.416 e. The molecule has 3 aromatic carbocycles. The van der Waals surface area contributed by atoms with Crippen LogP contribution in [-0.2, 0) is 19.3 Å². The van der Waals surface area contributed by atoms with Gasteiger partial charge in [0.1, 0.15) is 11.6 Å². The smallest absolute Gasteiger partial charge is 0.416 e.